The molecule has 0 unspecified atom stereocenters. The Labute approximate surface area is 149 Å². The van der Waals surface area contributed by atoms with Gasteiger partial charge >= 0.3 is 5.69 Å². The Kier molecular flexibility index (Phi) is 4.81. The van der Waals surface area contributed by atoms with Crippen molar-refractivity contribution in [3.05, 3.63) is 57.5 Å². The van der Waals surface area contributed by atoms with E-state index in [1.807, 2.05) is 19.9 Å². The van der Waals surface area contributed by atoms with Gasteiger partial charge in [0.25, 0.3) is 5.91 Å². The minimum absolute atomic E-state index is 0.282. The average Bonchev–Trinajstić information content (AvgIpc) is 2.95. The average molecular weight is 359 g/mol. The third-order valence-electron chi connectivity index (χ3n) is 4.10. The van der Waals surface area contributed by atoms with Crippen LogP contribution in [0.5, 0.6) is 0 Å². The van der Waals surface area contributed by atoms with Crippen molar-refractivity contribution in [2.24, 2.45) is 0 Å². The predicted octanol–water partition coefficient (Wildman–Crippen LogP) is 3.61. The molecule has 1 aromatic heterocycles. The normalized spacial score (nSPS) is 10.8. The molecule has 7 heteroatoms. The Morgan fingerprint density at radius 3 is 2.40 bits per heavy atom. The van der Waals surface area contributed by atoms with Crippen molar-refractivity contribution in [3.63, 3.8) is 0 Å². The van der Waals surface area contributed by atoms with E-state index in [0.29, 0.717) is 27.3 Å². The summed E-state index contributed by atoms with van der Waals surface area (Å²) < 4.78 is 0. The number of aromatic nitrogens is 2. The number of fused-ring (bicyclic) bond motifs is 1. The third-order valence-corrected chi connectivity index (χ3v) is 4.43. The molecule has 0 saturated carbocycles. The molecule has 0 saturated heterocycles. The molecule has 1 heterocycles. The first kappa shape index (κ1) is 17.1. The largest absolute Gasteiger partial charge is 0.370 e. The number of nitrogens with zero attached hydrogens (tertiary/aromatic N) is 1. The van der Waals surface area contributed by atoms with Gasteiger partial charge in [-0.2, -0.15) is 0 Å². The molecule has 130 valence electrons. The van der Waals surface area contributed by atoms with E-state index in [9.17, 15) is 9.59 Å². The second kappa shape index (κ2) is 7.03. The lowest BCUT2D eigenvalue weighted by atomic mass is 10.1. The number of imidazole rings is 1. The fraction of sp³-hybridized carbons (Fsp3) is 0.222. The van der Waals surface area contributed by atoms with Gasteiger partial charge in [0.05, 0.1) is 33.0 Å². The highest BCUT2D eigenvalue weighted by atomic mass is 35.5. The second-order valence-corrected chi connectivity index (χ2v) is 6.01. The maximum atomic E-state index is 12.6. The van der Waals surface area contributed by atoms with Crippen LogP contribution in [0, 0.1) is 0 Å². The summed E-state index contributed by atoms with van der Waals surface area (Å²) in [5.74, 6) is -0.295. The smallest absolute Gasteiger partial charge is 0.323 e. The van der Waals surface area contributed by atoms with Gasteiger partial charge in [0.15, 0.2) is 0 Å². The second-order valence-electron chi connectivity index (χ2n) is 5.60. The van der Waals surface area contributed by atoms with Gasteiger partial charge in [0.2, 0.25) is 0 Å². The number of halogens is 1. The number of H-pyrrole nitrogens is 2. The highest BCUT2D eigenvalue weighted by molar-refractivity contribution is 6.34. The van der Waals surface area contributed by atoms with E-state index in [0.717, 1.165) is 18.8 Å². The molecule has 3 aromatic rings. The van der Waals surface area contributed by atoms with Crippen LogP contribution < -0.4 is 15.9 Å². The van der Waals surface area contributed by atoms with E-state index >= 15 is 0 Å². The zero-order chi connectivity index (χ0) is 18.0. The topological polar surface area (TPSA) is 81.0 Å². The van der Waals surface area contributed by atoms with Gasteiger partial charge in [-0.1, -0.05) is 23.7 Å². The maximum Gasteiger partial charge on any atom is 0.323 e. The van der Waals surface area contributed by atoms with Crippen LogP contribution in [0.4, 0.5) is 11.4 Å². The number of nitrogens with one attached hydrogen (secondary N) is 3. The molecule has 0 bridgehead atoms. The van der Waals surface area contributed by atoms with Crippen LogP contribution in [0.1, 0.15) is 24.2 Å². The van der Waals surface area contributed by atoms with Crippen molar-refractivity contribution >= 4 is 39.9 Å². The molecule has 25 heavy (non-hydrogen) atoms. The number of anilines is 2. The summed E-state index contributed by atoms with van der Waals surface area (Å²) in [5.41, 5.74) is 2.91. The Morgan fingerprint density at radius 2 is 1.76 bits per heavy atom. The molecule has 0 aliphatic heterocycles. The molecule has 0 spiro atoms. The van der Waals surface area contributed by atoms with E-state index in [1.54, 1.807) is 30.3 Å². The van der Waals surface area contributed by atoms with Crippen molar-refractivity contribution in [1.82, 2.24) is 9.97 Å². The molecule has 1 amide bonds. The van der Waals surface area contributed by atoms with Crippen molar-refractivity contribution in [1.29, 1.82) is 0 Å². The number of rotatable bonds is 5. The molecule has 3 rings (SSSR count). The summed E-state index contributed by atoms with van der Waals surface area (Å²) in [6.07, 6.45) is 0. The molecule has 0 aliphatic carbocycles. The molecule has 0 atom stereocenters. The number of carbonyl (C=O) groups excluding carboxylic acids is 1. The fourth-order valence-corrected chi connectivity index (χ4v) is 3.05. The van der Waals surface area contributed by atoms with E-state index in [1.165, 1.54) is 0 Å². The predicted molar refractivity (Wildman–Crippen MR) is 102 cm³/mol. The summed E-state index contributed by atoms with van der Waals surface area (Å²) in [6.45, 7) is 5.61. The Morgan fingerprint density at radius 1 is 1.12 bits per heavy atom. The number of benzene rings is 2. The van der Waals surface area contributed by atoms with Crippen LogP contribution >= 0.6 is 11.6 Å². The highest BCUT2D eigenvalue weighted by Crippen LogP contribution is 2.30. The maximum absolute atomic E-state index is 12.6. The van der Waals surface area contributed by atoms with Gasteiger partial charge in [0, 0.05) is 13.1 Å². The lowest BCUT2D eigenvalue weighted by Crippen LogP contribution is -2.24. The van der Waals surface area contributed by atoms with Crippen LogP contribution in [0.3, 0.4) is 0 Å². The van der Waals surface area contributed by atoms with Gasteiger partial charge in [-0.05, 0) is 38.1 Å². The monoisotopic (exact) mass is 358 g/mol. The number of carbonyl (C=O) groups is 1. The van der Waals surface area contributed by atoms with E-state index in [2.05, 4.69) is 20.2 Å². The molecule has 0 radical (unpaired) electrons. The molecule has 2 aromatic carbocycles. The van der Waals surface area contributed by atoms with Crippen LogP contribution in [-0.4, -0.2) is 29.0 Å². The quantitative estimate of drug-likeness (QED) is 0.651. The van der Waals surface area contributed by atoms with Gasteiger partial charge < -0.3 is 20.2 Å². The van der Waals surface area contributed by atoms with Crippen LogP contribution in [0.15, 0.2) is 41.2 Å². The molecule has 3 N–H and O–H groups in total. The van der Waals surface area contributed by atoms with Crippen molar-refractivity contribution in [2.45, 2.75) is 13.8 Å². The van der Waals surface area contributed by atoms with Gasteiger partial charge in [0.1, 0.15) is 0 Å². The Balaban J connectivity index is 2.06. The molecular weight excluding hydrogens is 340 g/mol. The van der Waals surface area contributed by atoms with E-state index in [-0.39, 0.29) is 11.6 Å². The third kappa shape index (κ3) is 3.39. The first-order valence-electron chi connectivity index (χ1n) is 8.10. The van der Waals surface area contributed by atoms with E-state index < -0.39 is 0 Å². The van der Waals surface area contributed by atoms with Crippen molar-refractivity contribution < 1.29 is 4.79 Å². The SMILES string of the molecule is CCN(CC)c1cc2[nH]c(=O)[nH]c2cc1NC(=O)c1ccccc1Cl. The molecular formula is C18H19ClN4O2. The summed E-state index contributed by atoms with van der Waals surface area (Å²) >= 11 is 6.12. The number of hydrogen-bond donors (Lipinski definition) is 3. The molecule has 0 aliphatic rings. The Hall–Kier alpha value is -2.73. The van der Waals surface area contributed by atoms with Gasteiger partial charge in [-0.15, -0.1) is 0 Å². The van der Waals surface area contributed by atoms with Crippen molar-refractivity contribution in [2.75, 3.05) is 23.3 Å². The fourth-order valence-electron chi connectivity index (χ4n) is 2.83. The van der Waals surface area contributed by atoms with Crippen LogP contribution in [0.2, 0.25) is 5.02 Å². The highest BCUT2D eigenvalue weighted by Gasteiger charge is 2.16. The first-order chi connectivity index (χ1) is 12.0. The standard InChI is InChI=1S/C18H19ClN4O2/c1-3-23(4-2)16-10-14-13(21-18(25)22-14)9-15(16)20-17(24)11-7-5-6-8-12(11)19/h5-10H,3-4H2,1-2H3,(H,20,24)(H2,21,22,25). The van der Waals surface area contributed by atoms with Crippen LogP contribution in [0.25, 0.3) is 11.0 Å². The van der Waals surface area contributed by atoms with Gasteiger partial charge in [-0.25, -0.2) is 4.79 Å². The zero-order valence-corrected chi connectivity index (χ0v) is 14.8. The van der Waals surface area contributed by atoms with E-state index in [4.69, 9.17) is 11.6 Å². The summed E-state index contributed by atoms with van der Waals surface area (Å²) in [7, 11) is 0. The first-order valence-corrected chi connectivity index (χ1v) is 8.48. The lowest BCUT2D eigenvalue weighted by molar-refractivity contribution is 0.102. The summed E-state index contributed by atoms with van der Waals surface area (Å²) in [5, 5.41) is 3.31. The number of aromatic amines is 2. The molecule has 6 nitrogen and oxygen atoms in total. The summed E-state index contributed by atoms with van der Waals surface area (Å²) in [6, 6.07) is 10.5. The lowest BCUT2D eigenvalue weighted by Gasteiger charge is -2.24. The van der Waals surface area contributed by atoms with Gasteiger partial charge in [-0.3, -0.25) is 4.79 Å². The minimum atomic E-state index is -0.295. The number of amides is 1. The molecule has 0 fully saturated rings. The summed E-state index contributed by atoms with van der Waals surface area (Å²) in [4.78, 5) is 31.8. The van der Waals surface area contributed by atoms with Crippen LogP contribution in [-0.2, 0) is 0 Å². The Bertz CT molecular complexity index is 973. The zero-order valence-electron chi connectivity index (χ0n) is 14.0. The van der Waals surface area contributed by atoms with Crippen molar-refractivity contribution in [3.8, 4) is 0 Å². The minimum Gasteiger partial charge on any atom is -0.370 e. The number of hydrogen-bond acceptors (Lipinski definition) is 3.